The Morgan fingerprint density at radius 1 is 1.26 bits per heavy atom. The van der Waals surface area contributed by atoms with Crippen LogP contribution in [0.15, 0.2) is 18.2 Å². The summed E-state index contributed by atoms with van der Waals surface area (Å²) in [5, 5.41) is 2.61. The molecule has 1 heterocycles. The normalized spacial score (nSPS) is 16.8. The molecule has 0 saturated carbocycles. The van der Waals surface area contributed by atoms with Gasteiger partial charge >= 0.3 is 0 Å². The van der Waals surface area contributed by atoms with Crippen molar-refractivity contribution < 1.29 is 4.84 Å². The van der Waals surface area contributed by atoms with E-state index in [0.717, 1.165) is 23.9 Å². The summed E-state index contributed by atoms with van der Waals surface area (Å²) in [6.07, 6.45) is 3.95. The average Bonchev–Trinajstić information content (AvgIpc) is 2.43. The molecule has 2 rings (SSSR count). The number of hydrogen-bond donors (Lipinski definition) is 0. The van der Waals surface area contributed by atoms with Crippen LogP contribution < -0.4 is 4.84 Å². The van der Waals surface area contributed by atoms with Crippen LogP contribution in [0.2, 0.25) is 5.02 Å². The van der Waals surface area contributed by atoms with Gasteiger partial charge in [-0.1, -0.05) is 18.0 Å². The average molecular weight is 283 g/mol. The molecule has 0 amide bonds. The Balaban J connectivity index is 2.09. The summed E-state index contributed by atoms with van der Waals surface area (Å²) in [6.45, 7) is 6.20. The molecule has 0 radical (unpaired) electrons. The molecule has 0 bridgehead atoms. The van der Waals surface area contributed by atoms with E-state index >= 15 is 0 Å². The van der Waals surface area contributed by atoms with Crippen molar-refractivity contribution in [2.75, 3.05) is 26.7 Å². The molecule has 0 unspecified atom stereocenters. The Morgan fingerprint density at radius 2 is 2.00 bits per heavy atom. The van der Waals surface area contributed by atoms with Crippen molar-refractivity contribution in [2.45, 2.75) is 32.7 Å². The molecule has 19 heavy (non-hydrogen) atoms. The van der Waals surface area contributed by atoms with Gasteiger partial charge in [-0.25, -0.2) is 0 Å². The number of halogens is 1. The second-order valence-corrected chi connectivity index (χ2v) is 5.56. The van der Waals surface area contributed by atoms with Crippen molar-refractivity contribution in [2.24, 2.45) is 0 Å². The molecule has 0 N–H and O–H groups in total. The Morgan fingerprint density at radius 3 is 2.68 bits per heavy atom. The first kappa shape index (κ1) is 14.6. The van der Waals surface area contributed by atoms with Gasteiger partial charge in [0.1, 0.15) is 0 Å². The van der Waals surface area contributed by atoms with E-state index in [1.807, 2.05) is 30.3 Å². The molecule has 0 aromatic heterocycles. The maximum Gasteiger partial charge on any atom is 0.152 e. The summed E-state index contributed by atoms with van der Waals surface area (Å²) in [7, 11) is 1.94. The minimum absolute atomic E-state index is 0.776. The number of nitrogens with zero attached hydrogens (tertiary/aromatic N) is 2. The van der Waals surface area contributed by atoms with Crippen LogP contribution in [-0.2, 0) is 6.54 Å². The smallest absolute Gasteiger partial charge is 0.152 e. The molecule has 1 aliphatic rings. The van der Waals surface area contributed by atoms with E-state index in [4.69, 9.17) is 16.4 Å². The fraction of sp³-hybridized carbons (Fsp3) is 0.600. The van der Waals surface area contributed by atoms with Gasteiger partial charge in [0, 0.05) is 30.7 Å². The molecular weight excluding hydrogens is 260 g/mol. The van der Waals surface area contributed by atoms with Gasteiger partial charge in [-0.05, 0) is 51.1 Å². The summed E-state index contributed by atoms with van der Waals surface area (Å²) < 4.78 is 0. The molecule has 1 aromatic rings. The van der Waals surface area contributed by atoms with Gasteiger partial charge in [-0.2, -0.15) is 0 Å². The zero-order chi connectivity index (χ0) is 13.7. The first-order chi connectivity index (χ1) is 9.19. The Kier molecular flexibility index (Phi) is 5.49. The van der Waals surface area contributed by atoms with Crippen LogP contribution in [-0.4, -0.2) is 36.6 Å². The standard InChI is InChI=1S/C15H23ClN2O/c1-3-17(2)19-15-8-7-14(16)11-13(15)12-18-9-5-4-6-10-18/h7-8,11H,3-6,9-10,12H2,1-2H3. The highest BCUT2D eigenvalue weighted by molar-refractivity contribution is 6.30. The number of benzene rings is 1. The van der Waals surface area contributed by atoms with Gasteiger partial charge in [0.2, 0.25) is 0 Å². The fourth-order valence-corrected chi connectivity index (χ4v) is 2.55. The molecule has 0 spiro atoms. The van der Waals surface area contributed by atoms with Crippen molar-refractivity contribution in [3.8, 4) is 5.75 Å². The van der Waals surface area contributed by atoms with Crippen molar-refractivity contribution in [1.29, 1.82) is 0 Å². The van der Waals surface area contributed by atoms with E-state index in [9.17, 15) is 0 Å². The lowest BCUT2D eigenvalue weighted by molar-refractivity contribution is -0.0278. The van der Waals surface area contributed by atoms with Gasteiger partial charge in [0.15, 0.2) is 5.75 Å². The molecule has 3 nitrogen and oxygen atoms in total. The SMILES string of the molecule is CCN(C)Oc1ccc(Cl)cc1CN1CCCCC1. The third-order valence-corrected chi connectivity index (χ3v) is 3.80. The first-order valence-corrected chi connectivity index (χ1v) is 7.46. The topological polar surface area (TPSA) is 15.7 Å². The molecule has 0 atom stereocenters. The summed E-state index contributed by atoms with van der Waals surface area (Å²) in [6, 6.07) is 5.88. The highest BCUT2D eigenvalue weighted by Gasteiger charge is 2.14. The lowest BCUT2D eigenvalue weighted by Crippen LogP contribution is -2.30. The van der Waals surface area contributed by atoms with E-state index in [1.165, 1.54) is 37.9 Å². The van der Waals surface area contributed by atoms with Crippen LogP contribution in [0.4, 0.5) is 0 Å². The van der Waals surface area contributed by atoms with Crippen LogP contribution in [0.3, 0.4) is 0 Å². The van der Waals surface area contributed by atoms with Crippen molar-refractivity contribution in [1.82, 2.24) is 9.96 Å². The first-order valence-electron chi connectivity index (χ1n) is 7.09. The van der Waals surface area contributed by atoms with E-state index in [2.05, 4.69) is 11.8 Å². The van der Waals surface area contributed by atoms with Crippen LogP contribution in [0.1, 0.15) is 31.7 Å². The van der Waals surface area contributed by atoms with Gasteiger partial charge in [-0.15, -0.1) is 5.06 Å². The molecule has 4 heteroatoms. The molecule has 0 aliphatic carbocycles. The number of rotatable bonds is 5. The van der Waals surface area contributed by atoms with Crippen LogP contribution in [0.25, 0.3) is 0 Å². The lowest BCUT2D eigenvalue weighted by atomic mass is 10.1. The zero-order valence-corrected chi connectivity index (χ0v) is 12.6. The second-order valence-electron chi connectivity index (χ2n) is 5.12. The molecule has 1 fully saturated rings. The Bertz CT molecular complexity index is 405. The molecule has 1 saturated heterocycles. The summed E-state index contributed by atoms with van der Waals surface area (Å²) in [5.74, 6) is 0.916. The highest BCUT2D eigenvalue weighted by atomic mass is 35.5. The predicted octanol–water partition coefficient (Wildman–Crippen LogP) is 3.57. The van der Waals surface area contributed by atoms with Gasteiger partial charge in [-0.3, -0.25) is 4.90 Å². The van der Waals surface area contributed by atoms with Crippen molar-refractivity contribution in [3.05, 3.63) is 28.8 Å². The van der Waals surface area contributed by atoms with Crippen molar-refractivity contribution >= 4 is 11.6 Å². The molecule has 1 aromatic carbocycles. The maximum atomic E-state index is 6.12. The maximum absolute atomic E-state index is 6.12. The number of likely N-dealkylation sites (tertiary alicyclic amines) is 1. The Hall–Kier alpha value is -0.770. The molecular formula is C15H23ClN2O. The third-order valence-electron chi connectivity index (χ3n) is 3.56. The van der Waals surface area contributed by atoms with Crippen LogP contribution >= 0.6 is 11.6 Å². The fourth-order valence-electron chi connectivity index (χ4n) is 2.35. The van der Waals surface area contributed by atoms with E-state index in [1.54, 1.807) is 0 Å². The molecule has 1 aliphatic heterocycles. The van der Waals surface area contributed by atoms with Gasteiger partial charge < -0.3 is 4.84 Å². The molecule has 106 valence electrons. The Labute approximate surface area is 121 Å². The minimum Gasteiger partial charge on any atom is -0.406 e. The number of hydroxylamine groups is 2. The number of hydrogen-bond acceptors (Lipinski definition) is 3. The number of piperidine rings is 1. The second kappa shape index (κ2) is 7.13. The summed E-state index contributed by atoms with van der Waals surface area (Å²) >= 11 is 6.12. The highest BCUT2D eigenvalue weighted by Crippen LogP contribution is 2.26. The van der Waals surface area contributed by atoms with E-state index < -0.39 is 0 Å². The third kappa shape index (κ3) is 4.37. The van der Waals surface area contributed by atoms with E-state index in [-0.39, 0.29) is 0 Å². The quantitative estimate of drug-likeness (QED) is 0.768. The monoisotopic (exact) mass is 282 g/mol. The minimum atomic E-state index is 0.776. The largest absolute Gasteiger partial charge is 0.406 e. The lowest BCUT2D eigenvalue weighted by Gasteiger charge is -2.27. The van der Waals surface area contributed by atoms with Gasteiger partial charge in [0.25, 0.3) is 0 Å². The van der Waals surface area contributed by atoms with Crippen LogP contribution in [0.5, 0.6) is 5.75 Å². The van der Waals surface area contributed by atoms with Gasteiger partial charge in [0.05, 0.1) is 0 Å². The predicted molar refractivity (Wildman–Crippen MR) is 79.5 cm³/mol. The summed E-state index contributed by atoms with van der Waals surface area (Å²) in [5.41, 5.74) is 1.18. The zero-order valence-electron chi connectivity index (χ0n) is 11.9. The summed E-state index contributed by atoms with van der Waals surface area (Å²) in [4.78, 5) is 8.32. The van der Waals surface area contributed by atoms with E-state index in [0.29, 0.717) is 0 Å². The van der Waals surface area contributed by atoms with Crippen molar-refractivity contribution in [3.63, 3.8) is 0 Å². The van der Waals surface area contributed by atoms with Crippen LogP contribution in [0, 0.1) is 0 Å².